The van der Waals surface area contributed by atoms with Crippen molar-refractivity contribution < 1.29 is 9.53 Å². The first-order valence-electron chi connectivity index (χ1n) is 6.00. The monoisotopic (exact) mass is 250 g/mol. The molecule has 0 saturated carbocycles. The molecule has 1 aliphatic rings. The molecule has 17 heavy (non-hydrogen) atoms. The minimum Gasteiger partial charge on any atom is -0.380 e. The molecule has 0 bridgehead atoms. The minimum absolute atomic E-state index is 0.248. The standard InChI is InChI=1S/C14H18O2S/c1-12(15)14(8-5-9-16-11-14)17-10-13-6-3-2-4-7-13/h2-4,6-7H,5,8-11H2,1H3. The predicted octanol–water partition coefficient (Wildman–Crippen LogP) is 3.06. The van der Waals surface area contributed by atoms with Crippen molar-refractivity contribution in [2.75, 3.05) is 13.2 Å². The van der Waals surface area contributed by atoms with Crippen LogP contribution >= 0.6 is 11.8 Å². The zero-order valence-corrected chi connectivity index (χ0v) is 11.0. The van der Waals surface area contributed by atoms with E-state index in [2.05, 4.69) is 12.1 Å². The third-order valence-corrected chi connectivity index (χ3v) is 4.84. The van der Waals surface area contributed by atoms with Gasteiger partial charge in [-0.2, -0.15) is 0 Å². The quantitative estimate of drug-likeness (QED) is 0.821. The van der Waals surface area contributed by atoms with Crippen molar-refractivity contribution in [2.24, 2.45) is 0 Å². The van der Waals surface area contributed by atoms with Gasteiger partial charge in [-0.15, -0.1) is 11.8 Å². The lowest BCUT2D eigenvalue weighted by molar-refractivity contribution is -0.122. The SMILES string of the molecule is CC(=O)C1(SCc2ccccc2)CCCOC1. The van der Waals surface area contributed by atoms with E-state index in [4.69, 9.17) is 4.74 Å². The van der Waals surface area contributed by atoms with E-state index in [1.165, 1.54) is 5.56 Å². The Bertz CT molecular complexity index is 369. The van der Waals surface area contributed by atoms with Gasteiger partial charge in [0, 0.05) is 12.4 Å². The average Bonchev–Trinajstić information content (AvgIpc) is 2.38. The van der Waals surface area contributed by atoms with Crippen molar-refractivity contribution in [3.8, 4) is 0 Å². The van der Waals surface area contributed by atoms with Crippen LogP contribution in [0.3, 0.4) is 0 Å². The lowest BCUT2D eigenvalue weighted by atomic mass is 9.97. The number of Topliss-reactive ketones (excluding diaryl/α,β-unsaturated/α-hetero) is 1. The van der Waals surface area contributed by atoms with Gasteiger partial charge < -0.3 is 4.74 Å². The van der Waals surface area contributed by atoms with Crippen molar-refractivity contribution in [3.63, 3.8) is 0 Å². The van der Waals surface area contributed by atoms with Crippen LogP contribution in [0.1, 0.15) is 25.3 Å². The van der Waals surface area contributed by atoms with Crippen LogP contribution in [0.2, 0.25) is 0 Å². The van der Waals surface area contributed by atoms with Gasteiger partial charge in [0.2, 0.25) is 0 Å². The maximum absolute atomic E-state index is 11.8. The van der Waals surface area contributed by atoms with Crippen molar-refractivity contribution in [1.82, 2.24) is 0 Å². The van der Waals surface area contributed by atoms with E-state index in [1.807, 2.05) is 18.2 Å². The second-order valence-corrected chi connectivity index (χ2v) is 5.84. The third-order valence-electron chi connectivity index (χ3n) is 3.20. The van der Waals surface area contributed by atoms with Crippen LogP contribution in [0.25, 0.3) is 0 Å². The molecule has 2 rings (SSSR count). The number of ether oxygens (including phenoxy) is 1. The molecule has 2 nitrogen and oxygen atoms in total. The van der Waals surface area contributed by atoms with Crippen LogP contribution in [-0.2, 0) is 15.3 Å². The Morgan fingerprint density at radius 2 is 2.18 bits per heavy atom. The molecule has 1 heterocycles. The lowest BCUT2D eigenvalue weighted by Gasteiger charge is -2.34. The number of thioether (sulfide) groups is 1. The number of carbonyl (C=O) groups is 1. The highest BCUT2D eigenvalue weighted by molar-refractivity contribution is 8.00. The van der Waals surface area contributed by atoms with Gasteiger partial charge in [-0.25, -0.2) is 0 Å². The zero-order chi connectivity index (χ0) is 12.1. The Kier molecular flexibility index (Phi) is 4.24. The molecule has 1 aromatic rings. The number of hydrogen-bond acceptors (Lipinski definition) is 3. The van der Waals surface area contributed by atoms with Crippen LogP contribution < -0.4 is 0 Å². The van der Waals surface area contributed by atoms with Gasteiger partial charge in [-0.3, -0.25) is 4.79 Å². The van der Waals surface area contributed by atoms with Crippen LogP contribution in [-0.4, -0.2) is 23.7 Å². The molecule has 0 aromatic heterocycles. The van der Waals surface area contributed by atoms with Gasteiger partial charge in [0.15, 0.2) is 0 Å². The fraction of sp³-hybridized carbons (Fsp3) is 0.500. The van der Waals surface area contributed by atoms with E-state index in [0.29, 0.717) is 6.61 Å². The largest absolute Gasteiger partial charge is 0.380 e. The zero-order valence-electron chi connectivity index (χ0n) is 10.1. The smallest absolute Gasteiger partial charge is 0.148 e. The van der Waals surface area contributed by atoms with Gasteiger partial charge in [-0.05, 0) is 25.3 Å². The number of ketones is 1. The summed E-state index contributed by atoms with van der Waals surface area (Å²) >= 11 is 1.73. The van der Waals surface area contributed by atoms with Crippen molar-refractivity contribution in [2.45, 2.75) is 30.3 Å². The Labute approximate surface area is 107 Å². The Hall–Kier alpha value is -0.800. The number of benzene rings is 1. The Balaban J connectivity index is 2.01. The van der Waals surface area contributed by atoms with Gasteiger partial charge in [0.05, 0.1) is 11.4 Å². The van der Waals surface area contributed by atoms with E-state index in [0.717, 1.165) is 25.2 Å². The van der Waals surface area contributed by atoms with Crippen LogP contribution in [0, 0.1) is 0 Å². The van der Waals surface area contributed by atoms with E-state index in [-0.39, 0.29) is 10.5 Å². The molecule has 1 saturated heterocycles. The number of hydrogen-bond donors (Lipinski definition) is 0. The lowest BCUT2D eigenvalue weighted by Crippen LogP contribution is -2.42. The van der Waals surface area contributed by atoms with E-state index >= 15 is 0 Å². The summed E-state index contributed by atoms with van der Waals surface area (Å²) in [6, 6.07) is 10.3. The van der Waals surface area contributed by atoms with E-state index in [9.17, 15) is 4.79 Å². The highest BCUT2D eigenvalue weighted by Crippen LogP contribution is 2.36. The molecular weight excluding hydrogens is 232 g/mol. The fourth-order valence-corrected chi connectivity index (χ4v) is 3.35. The molecule has 1 unspecified atom stereocenters. The number of carbonyl (C=O) groups excluding carboxylic acids is 1. The summed E-state index contributed by atoms with van der Waals surface area (Å²) in [6.07, 6.45) is 1.93. The summed E-state index contributed by atoms with van der Waals surface area (Å²) < 4.78 is 5.18. The molecule has 0 N–H and O–H groups in total. The molecule has 0 aliphatic carbocycles. The molecule has 0 amide bonds. The van der Waals surface area contributed by atoms with Gasteiger partial charge >= 0.3 is 0 Å². The van der Waals surface area contributed by atoms with E-state index in [1.54, 1.807) is 18.7 Å². The summed E-state index contributed by atoms with van der Waals surface area (Å²) in [5.41, 5.74) is 1.27. The van der Waals surface area contributed by atoms with Gasteiger partial charge in [0.1, 0.15) is 5.78 Å². The molecule has 0 spiro atoms. The second kappa shape index (κ2) is 5.69. The average molecular weight is 250 g/mol. The highest BCUT2D eigenvalue weighted by atomic mass is 32.2. The summed E-state index contributed by atoms with van der Waals surface area (Å²) in [4.78, 5) is 11.8. The summed E-state index contributed by atoms with van der Waals surface area (Å²) in [7, 11) is 0. The summed E-state index contributed by atoms with van der Waals surface area (Å²) in [6.45, 7) is 3.05. The van der Waals surface area contributed by atoms with Crippen LogP contribution in [0.15, 0.2) is 30.3 Å². The molecule has 1 atom stereocenters. The predicted molar refractivity (Wildman–Crippen MR) is 71.2 cm³/mol. The van der Waals surface area contributed by atoms with Crippen molar-refractivity contribution >= 4 is 17.5 Å². The van der Waals surface area contributed by atoms with Gasteiger partial charge in [-0.1, -0.05) is 30.3 Å². The Morgan fingerprint density at radius 3 is 2.76 bits per heavy atom. The Morgan fingerprint density at radius 1 is 1.41 bits per heavy atom. The molecule has 3 heteroatoms. The number of rotatable bonds is 4. The fourth-order valence-electron chi connectivity index (χ4n) is 2.06. The third kappa shape index (κ3) is 3.11. The van der Waals surface area contributed by atoms with Crippen LogP contribution in [0.5, 0.6) is 0 Å². The molecule has 1 aromatic carbocycles. The maximum Gasteiger partial charge on any atom is 0.148 e. The molecule has 1 aliphatic heterocycles. The summed E-state index contributed by atoms with van der Waals surface area (Å²) in [5, 5.41) is 0. The normalized spacial score (nSPS) is 24.5. The maximum atomic E-state index is 11.8. The first kappa shape index (κ1) is 12.7. The topological polar surface area (TPSA) is 26.3 Å². The van der Waals surface area contributed by atoms with Crippen LogP contribution in [0.4, 0.5) is 0 Å². The first-order chi connectivity index (χ1) is 8.23. The van der Waals surface area contributed by atoms with E-state index < -0.39 is 0 Å². The van der Waals surface area contributed by atoms with Gasteiger partial charge in [0.25, 0.3) is 0 Å². The molecule has 92 valence electrons. The molecule has 1 fully saturated rings. The van der Waals surface area contributed by atoms with Crippen molar-refractivity contribution in [1.29, 1.82) is 0 Å². The van der Waals surface area contributed by atoms with Crippen molar-refractivity contribution in [3.05, 3.63) is 35.9 Å². The summed E-state index contributed by atoms with van der Waals surface area (Å²) in [5.74, 6) is 1.13. The minimum atomic E-state index is -0.311. The highest BCUT2D eigenvalue weighted by Gasteiger charge is 2.38. The second-order valence-electron chi connectivity index (χ2n) is 4.48. The first-order valence-corrected chi connectivity index (χ1v) is 6.98. The molecular formula is C14H18O2S. The molecule has 0 radical (unpaired) electrons.